The fourth-order valence-corrected chi connectivity index (χ4v) is 0.405. The molecule has 56 valence electrons. The Morgan fingerprint density at radius 1 is 1.82 bits per heavy atom. The summed E-state index contributed by atoms with van der Waals surface area (Å²) in [7, 11) is 0. The van der Waals surface area contributed by atoms with Gasteiger partial charge in [-0.1, -0.05) is 6.58 Å². The number of carbonyl (C=O) groups is 1. The Morgan fingerprint density at radius 3 is 2.73 bits per heavy atom. The second-order valence-corrected chi connectivity index (χ2v) is 1.80. The van der Waals surface area contributed by atoms with E-state index in [0.29, 0.717) is 0 Å². The van der Waals surface area contributed by atoms with Gasteiger partial charge in [-0.3, -0.25) is 6.29 Å². The van der Waals surface area contributed by atoms with Crippen LogP contribution in [0, 0.1) is 0 Å². The predicted molar refractivity (Wildman–Crippen MR) is 36.1 cm³/mol. The number of hydrogen-bond donors (Lipinski definition) is 0. The van der Waals surface area contributed by atoms with Gasteiger partial charge in [-0.15, -0.1) is 6.42 Å². The van der Waals surface area contributed by atoms with E-state index in [-0.39, 0.29) is 36.0 Å². The van der Waals surface area contributed by atoms with Crippen molar-refractivity contribution in [2.45, 2.75) is 19.4 Å². The molecule has 0 N–H and O–H groups in total. The van der Waals surface area contributed by atoms with Crippen molar-refractivity contribution in [2.75, 3.05) is 0 Å². The van der Waals surface area contributed by atoms with E-state index in [1.807, 2.05) is 0 Å². The minimum absolute atomic E-state index is 0. The van der Waals surface area contributed by atoms with Crippen LogP contribution in [0.25, 0.3) is 0 Å². The Bertz CT molecular complexity index is 145. The third kappa shape index (κ3) is 7.78. The first kappa shape index (κ1) is 13.5. The average Bonchev–Trinajstić information content (AvgIpc) is 1.88. The third-order valence-electron chi connectivity index (χ3n) is 0.855. The summed E-state index contributed by atoms with van der Waals surface area (Å²) in [5.41, 5.74) is 0. The minimum Gasteiger partial charge on any atom is -0.542 e. The zero-order chi connectivity index (χ0) is 7.98. The second-order valence-electron chi connectivity index (χ2n) is 1.80. The molecule has 1 atom stereocenters. The molecular formula is C7H9NaO3. The molecule has 0 saturated carbocycles. The zero-order valence-electron chi connectivity index (χ0n) is 6.79. The maximum atomic E-state index is 10.4. The van der Waals surface area contributed by atoms with Crippen LogP contribution in [-0.2, 0) is 14.3 Å². The number of esters is 1. The number of ether oxygens (including phenoxy) is 1. The Hall–Kier alpha value is -0.120. The van der Waals surface area contributed by atoms with Crippen molar-refractivity contribution in [3.05, 3.63) is 12.7 Å². The van der Waals surface area contributed by atoms with E-state index in [1.165, 1.54) is 0 Å². The summed E-state index contributed by atoms with van der Waals surface area (Å²) in [6.45, 7) is 4.82. The van der Waals surface area contributed by atoms with Crippen LogP contribution in [0.15, 0.2) is 12.7 Å². The van der Waals surface area contributed by atoms with Crippen molar-refractivity contribution in [1.82, 2.24) is 0 Å². The Balaban J connectivity index is 0. The fraction of sp³-hybridized carbons (Fsp3) is 0.429. The van der Waals surface area contributed by atoms with Gasteiger partial charge in [0.05, 0.1) is 6.10 Å². The maximum Gasteiger partial charge on any atom is 1.00 e. The molecule has 1 unspecified atom stereocenters. The summed E-state index contributed by atoms with van der Waals surface area (Å²) in [4.78, 5) is 20.2. The zero-order valence-corrected chi connectivity index (χ0v) is 8.79. The SMILES string of the molecule is C=CC(=O)OC(C)C[C-]=O.[Na+]. The van der Waals surface area contributed by atoms with Crippen LogP contribution in [-0.4, -0.2) is 18.4 Å². The van der Waals surface area contributed by atoms with Gasteiger partial charge in [0.25, 0.3) is 0 Å². The molecule has 4 heteroatoms. The van der Waals surface area contributed by atoms with Gasteiger partial charge in [-0.2, -0.15) is 0 Å². The molecular weight excluding hydrogens is 155 g/mol. The average molecular weight is 164 g/mol. The van der Waals surface area contributed by atoms with Gasteiger partial charge in [0.1, 0.15) is 0 Å². The van der Waals surface area contributed by atoms with Crippen LogP contribution < -0.4 is 29.6 Å². The molecule has 0 amide bonds. The van der Waals surface area contributed by atoms with Crippen molar-refractivity contribution < 1.29 is 43.9 Å². The Morgan fingerprint density at radius 2 is 2.36 bits per heavy atom. The van der Waals surface area contributed by atoms with Gasteiger partial charge in [0.2, 0.25) is 0 Å². The van der Waals surface area contributed by atoms with Gasteiger partial charge in [0.15, 0.2) is 0 Å². The van der Waals surface area contributed by atoms with E-state index < -0.39 is 12.1 Å². The van der Waals surface area contributed by atoms with E-state index >= 15 is 0 Å². The van der Waals surface area contributed by atoms with Crippen LogP contribution in [0.3, 0.4) is 0 Å². The quantitative estimate of drug-likeness (QED) is 0.201. The first-order chi connectivity index (χ1) is 4.70. The van der Waals surface area contributed by atoms with E-state index in [0.717, 1.165) is 6.08 Å². The molecule has 0 aliphatic rings. The van der Waals surface area contributed by atoms with Crippen LogP contribution in [0.2, 0.25) is 0 Å². The summed E-state index contributed by atoms with van der Waals surface area (Å²) < 4.78 is 4.62. The molecule has 0 saturated heterocycles. The molecule has 0 spiro atoms. The number of rotatable bonds is 4. The topological polar surface area (TPSA) is 43.4 Å². The van der Waals surface area contributed by atoms with Crippen LogP contribution >= 0.6 is 0 Å². The number of carbonyl (C=O) groups excluding carboxylic acids is 2. The smallest absolute Gasteiger partial charge is 0.542 e. The summed E-state index contributed by atoms with van der Waals surface area (Å²) in [5, 5.41) is 0. The van der Waals surface area contributed by atoms with Gasteiger partial charge in [0, 0.05) is 6.08 Å². The van der Waals surface area contributed by atoms with E-state index in [2.05, 4.69) is 11.3 Å². The standard InChI is InChI=1S/C7H9O3.Na/c1-3-7(9)10-6(2)4-5-8;/h3,6H,1,4H2,2H3;/q-1;+1. The molecule has 0 rings (SSSR count). The molecule has 0 radical (unpaired) electrons. The molecule has 0 aromatic carbocycles. The Kier molecular flexibility index (Phi) is 9.77. The monoisotopic (exact) mass is 164 g/mol. The minimum atomic E-state index is -0.511. The summed E-state index contributed by atoms with van der Waals surface area (Å²) in [6.07, 6.45) is 2.40. The number of hydrogen-bond acceptors (Lipinski definition) is 3. The summed E-state index contributed by atoms with van der Waals surface area (Å²) in [6, 6.07) is 0. The van der Waals surface area contributed by atoms with Crippen molar-refractivity contribution >= 4 is 12.3 Å². The van der Waals surface area contributed by atoms with E-state index in [9.17, 15) is 9.59 Å². The van der Waals surface area contributed by atoms with Crippen molar-refractivity contribution in [3.63, 3.8) is 0 Å². The third-order valence-corrected chi connectivity index (χ3v) is 0.855. The largest absolute Gasteiger partial charge is 1.00 e. The van der Waals surface area contributed by atoms with Crippen LogP contribution in [0.5, 0.6) is 0 Å². The van der Waals surface area contributed by atoms with Gasteiger partial charge >= 0.3 is 35.5 Å². The molecule has 3 nitrogen and oxygen atoms in total. The molecule has 0 aliphatic carbocycles. The van der Waals surface area contributed by atoms with E-state index in [1.54, 1.807) is 13.2 Å². The Labute approximate surface area is 88.1 Å². The molecule has 0 heterocycles. The van der Waals surface area contributed by atoms with Crippen LogP contribution in [0.1, 0.15) is 13.3 Å². The molecule has 0 bridgehead atoms. The molecule has 0 aromatic rings. The van der Waals surface area contributed by atoms with Gasteiger partial charge in [-0.05, 0) is 6.92 Å². The normalized spacial score (nSPS) is 10.6. The molecule has 0 fully saturated rings. The second kappa shape index (κ2) is 7.98. The van der Waals surface area contributed by atoms with Crippen molar-refractivity contribution in [3.8, 4) is 0 Å². The molecule has 0 aromatic heterocycles. The molecule has 11 heavy (non-hydrogen) atoms. The van der Waals surface area contributed by atoms with Crippen LogP contribution in [0.4, 0.5) is 0 Å². The maximum absolute atomic E-state index is 10.4. The first-order valence-corrected chi connectivity index (χ1v) is 2.88. The van der Waals surface area contributed by atoms with Crippen molar-refractivity contribution in [2.24, 2.45) is 0 Å². The van der Waals surface area contributed by atoms with Gasteiger partial charge in [-0.25, -0.2) is 4.79 Å². The van der Waals surface area contributed by atoms with Gasteiger partial charge < -0.3 is 9.53 Å². The summed E-state index contributed by atoms with van der Waals surface area (Å²) in [5.74, 6) is -0.511. The van der Waals surface area contributed by atoms with E-state index in [4.69, 9.17) is 0 Å². The first-order valence-electron chi connectivity index (χ1n) is 2.88. The van der Waals surface area contributed by atoms with Crippen molar-refractivity contribution in [1.29, 1.82) is 0 Å². The summed E-state index contributed by atoms with van der Waals surface area (Å²) >= 11 is 0. The fourth-order valence-electron chi connectivity index (χ4n) is 0.405. The molecule has 0 aliphatic heterocycles. The predicted octanol–water partition coefficient (Wildman–Crippen LogP) is -2.39.